The van der Waals surface area contributed by atoms with E-state index in [2.05, 4.69) is 10.5 Å². The zero-order valence-electron chi connectivity index (χ0n) is 18.4. The van der Waals surface area contributed by atoms with Gasteiger partial charge in [0.15, 0.2) is 5.11 Å². The monoisotopic (exact) mass is 490 g/mol. The van der Waals surface area contributed by atoms with Crippen LogP contribution in [0.5, 0.6) is 0 Å². The van der Waals surface area contributed by atoms with Gasteiger partial charge in [0.25, 0.3) is 5.89 Å². The summed E-state index contributed by atoms with van der Waals surface area (Å²) in [4.78, 5) is 6.54. The Labute approximate surface area is 206 Å². The Hall–Kier alpha value is -3.55. The molecule has 3 aromatic carbocycles. The minimum atomic E-state index is -0.318. The quantitative estimate of drug-likeness (QED) is 0.321. The largest absolute Gasteiger partial charge is 0.351 e. The third kappa shape index (κ3) is 4.20. The van der Waals surface area contributed by atoms with E-state index in [1.807, 2.05) is 55.1 Å². The van der Waals surface area contributed by atoms with Crippen LogP contribution in [0.25, 0.3) is 17.0 Å². The first kappa shape index (κ1) is 22.3. The molecule has 1 unspecified atom stereocenters. The second-order valence-electron chi connectivity index (χ2n) is 8.04. The number of hydrogen-bond donors (Lipinski definition) is 1. The third-order valence-corrected chi connectivity index (χ3v) is 6.26. The molecular weight excluding hydrogens is 471 g/mol. The molecule has 0 fully saturated rings. The molecule has 5 rings (SSSR count). The Kier molecular flexibility index (Phi) is 5.89. The Bertz CT molecular complexity index is 1400. The fraction of sp³-hybridized carbons (Fsp3) is 0.115. The van der Waals surface area contributed by atoms with Gasteiger partial charge in [-0.2, -0.15) is 4.98 Å². The van der Waals surface area contributed by atoms with Gasteiger partial charge < -0.3 is 9.84 Å². The standard InChI is InChI=1S/C26H20ClFN4OS/c1-15-6-8-17(9-7-15)23-22(25-30-24(31-33-25)18-4-3-5-19(27)14-18)16(2)32(26(34)29-23)21-12-10-20(28)11-13-21/h3-14,23H,1-2H3,(H,29,34). The minimum Gasteiger partial charge on any atom is -0.351 e. The van der Waals surface area contributed by atoms with Crippen LogP contribution in [0.3, 0.4) is 0 Å². The maximum atomic E-state index is 13.6. The summed E-state index contributed by atoms with van der Waals surface area (Å²) in [5.74, 6) is 0.476. The topological polar surface area (TPSA) is 54.2 Å². The molecule has 0 saturated carbocycles. The van der Waals surface area contributed by atoms with Gasteiger partial charge in [0.1, 0.15) is 5.82 Å². The molecule has 1 aromatic heterocycles. The van der Waals surface area contributed by atoms with Crippen molar-refractivity contribution in [3.63, 3.8) is 0 Å². The van der Waals surface area contributed by atoms with Crippen molar-refractivity contribution in [2.24, 2.45) is 0 Å². The predicted molar refractivity (Wildman–Crippen MR) is 136 cm³/mol. The van der Waals surface area contributed by atoms with E-state index in [1.165, 1.54) is 12.1 Å². The predicted octanol–water partition coefficient (Wildman–Crippen LogP) is 6.70. The lowest BCUT2D eigenvalue weighted by Crippen LogP contribution is -2.46. The first-order valence-corrected chi connectivity index (χ1v) is 11.4. The molecule has 0 bridgehead atoms. The molecule has 5 nitrogen and oxygen atoms in total. The number of allylic oxidation sites excluding steroid dienone is 1. The van der Waals surface area contributed by atoms with E-state index in [-0.39, 0.29) is 11.9 Å². The summed E-state index contributed by atoms with van der Waals surface area (Å²) < 4.78 is 19.3. The smallest absolute Gasteiger partial charge is 0.258 e. The average molecular weight is 491 g/mol. The lowest BCUT2D eigenvalue weighted by molar-refractivity contribution is 0.404. The Balaban J connectivity index is 1.65. The zero-order chi connectivity index (χ0) is 23.8. The third-order valence-electron chi connectivity index (χ3n) is 5.72. The van der Waals surface area contributed by atoms with Crippen molar-refractivity contribution in [1.82, 2.24) is 15.5 Å². The van der Waals surface area contributed by atoms with E-state index >= 15 is 0 Å². The summed E-state index contributed by atoms with van der Waals surface area (Å²) >= 11 is 11.9. The van der Waals surface area contributed by atoms with Gasteiger partial charge in [-0.25, -0.2) is 4.39 Å². The van der Waals surface area contributed by atoms with E-state index in [4.69, 9.17) is 33.3 Å². The van der Waals surface area contributed by atoms with Crippen LogP contribution in [-0.4, -0.2) is 15.3 Å². The first-order valence-electron chi connectivity index (χ1n) is 10.6. The fourth-order valence-electron chi connectivity index (χ4n) is 4.01. The number of hydrogen-bond acceptors (Lipinski definition) is 4. The summed E-state index contributed by atoms with van der Waals surface area (Å²) in [6.45, 7) is 3.98. The summed E-state index contributed by atoms with van der Waals surface area (Å²) in [6, 6.07) is 21.3. The molecule has 4 aromatic rings. The number of halogens is 2. The highest BCUT2D eigenvalue weighted by Gasteiger charge is 2.34. The van der Waals surface area contributed by atoms with Gasteiger partial charge in [0, 0.05) is 22.0 Å². The summed E-state index contributed by atoms with van der Waals surface area (Å²) in [5, 5.41) is 8.69. The number of nitrogens with one attached hydrogen (secondary N) is 1. The normalized spacial score (nSPS) is 16.1. The van der Waals surface area contributed by atoms with Crippen molar-refractivity contribution in [2.45, 2.75) is 19.9 Å². The van der Waals surface area contributed by atoms with Crippen molar-refractivity contribution >= 4 is 40.2 Å². The van der Waals surface area contributed by atoms with E-state index in [1.54, 1.807) is 24.3 Å². The maximum absolute atomic E-state index is 13.6. The highest BCUT2D eigenvalue weighted by atomic mass is 35.5. The van der Waals surface area contributed by atoms with Crippen LogP contribution >= 0.6 is 23.8 Å². The fourth-order valence-corrected chi connectivity index (χ4v) is 4.56. The average Bonchev–Trinajstić information content (AvgIpc) is 3.30. The van der Waals surface area contributed by atoms with Crippen LogP contribution in [0.4, 0.5) is 10.1 Å². The first-order chi connectivity index (χ1) is 16.4. The number of nitrogens with zero attached hydrogens (tertiary/aromatic N) is 3. The lowest BCUT2D eigenvalue weighted by atomic mass is 9.94. The van der Waals surface area contributed by atoms with Crippen molar-refractivity contribution < 1.29 is 8.91 Å². The van der Waals surface area contributed by atoms with E-state index < -0.39 is 0 Å². The van der Waals surface area contributed by atoms with E-state index in [9.17, 15) is 4.39 Å². The highest BCUT2D eigenvalue weighted by molar-refractivity contribution is 7.80. The molecule has 170 valence electrons. The highest BCUT2D eigenvalue weighted by Crippen LogP contribution is 2.39. The van der Waals surface area contributed by atoms with Gasteiger partial charge in [-0.05, 0) is 68.0 Å². The number of aryl methyl sites for hydroxylation is 1. The Morgan fingerprint density at radius 2 is 1.76 bits per heavy atom. The second-order valence-corrected chi connectivity index (χ2v) is 8.86. The summed E-state index contributed by atoms with van der Waals surface area (Å²) in [5.41, 5.74) is 5.22. The van der Waals surface area contributed by atoms with Crippen LogP contribution in [0.2, 0.25) is 5.02 Å². The molecule has 8 heteroatoms. The van der Waals surface area contributed by atoms with Crippen molar-refractivity contribution in [2.75, 3.05) is 4.90 Å². The molecule has 2 heterocycles. The molecule has 0 spiro atoms. The van der Waals surface area contributed by atoms with E-state index in [0.717, 1.165) is 33.6 Å². The molecule has 0 aliphatic carbocycles. The molecule has 1 atom stereocenters. The lowest BCUT2D eigenvalue weighted by Gasteiger charge is -2.37. The van der Waals surface area contributed by atoms with Gasteiger partial charge in [0.05, 0.1) is 11.6 Å². The van der Waals surface area contributed by atoms with Crippen LogP contribution in [0, 0.1) is 12.7 Å². The number of rotatable bonds is 4. The second kappa shape index (κ2) is 9.00. The zero-order valence-corrected chi connectivity index (χ0v) is 20.0. The number of benzene rings is 3. The van der Waals surface area contributed by atoms with Crippen LogP contribution in [0.15, 0.2) is 83.0 Å². The summed E-state index contributed by atoms with van der Waals surface area (Å²) in [7, 11) is 0. The molecule has 1 aliphatic rings. The maximum Gasteiger partial charge on any atom is 0.258 e. The van der Waals surface area contributed by atoms with Crippen LogP contribution in [-0.2, 0) is 0 Å². The SMILES string of the molecule is CC1=C(c2nc(-c3cccc(Cl)c3)no2)C(c2ccc(C)cc2)NC(=S)N1c1ccc(F)cc1. The summed E-state index contributed by atoms with van der Waals surface area (Å²) in [6.07, 6.45) is 0. The van der Waals surface area contributed by atoms with Gasteiger partial charge in [-0.3, -0.25) is 4.90 Å². The Morgan fingerprint density at radius 3 is 2.47 bits per heavy atom. The van der Waals surface area contributed by atoms with Crippen LogP contribution in [0.1, 0.15) is 30.0 Å². The molecule has 34 heavy (non-hydrogen) atoms. The van der Waals surface area contributed by atoms with Gasteiger partial charge in [-0.15, -0.1) is 0 Å². The molecule has 1 N–H and O–H groups in total. The molecule has 0 saturated heterocycles. The molecule has 1 aliphatic heterocycles. The molecular formula is C26H20ClFN4OS. The molecule has 0 radical (unpaired) electrons. The Morgan fingerprint density at radius 1 is 1.03 bits per heavy atom. The van der Waals surface area contributed by atoms with Crippen molar-refractivity contribution in [3.8, 4) is 11.4 Å². The number of aromatic nitrogens is 2. The van der Waals surface area contributed by atoms with Crippen LogP contribution < -0.4 is 10.2 Å². The van der Waals surface area contributed by atoms with E-state index in [0.29, 0.717) is 21.9 Å². The van der Waals surface area contributed by atoms with Gasteiger partial charge >= 0.3 is 0 Å². The van der Waals surface area contributed by atoms with Gasteiger partial charge in [0.2, 0.25) is 5.82 Å². The minimum absolute atomic E-state index is 0.308. The van der Waals surface area contributed by atoms with Crippen molar-refractivity contribution in [1.29, 1.82) is 0 Å². The van der Waals surface area contributed by atoms with Crippen molar-refractivity contribution in [3.05, 3.63) is 106 Å². The number of thiocarbonyl (C=S) groups is 1. The number of anilines is 1. The van der Waals surface area contributed by atoms with Gasteiger partial charge in [-0.1, -0.05) is 58.7 Å². The molecule has 0 amide bonds.